The molecule has 0 bridgehead atoms. The normalized spacial score (nSPS) is 10.2. The molecule has 0 amide bonds. The summed E-state index contributed by atoms with van der Waals surface area (Å²) in [4.78, 5) is 19.2. The molecule has 5 nitrogen and oxygen atoms in total. The first-order valence-electron chi connectivity index (χ1n) is 5.92. The fraction of sp³-hybridized carbons (Fsp3) is 0.214. The van der Waals surface area contributed by atoms with Crippen molar-refractivity contribution < 1.29 is 9.90 Å². The summed E-state index contributed by atoms with van der Waals surface area (Å²) in [6.45, 7) is 4.30. The molecule has 0 radical (unpaired) electrons. The van der Waals surface area contributed by atoms with Crippen molar-refractivity contribution in [2.24, 2.45) is 0 Å². The van der Waals surface area contributed by atoms with Gasteiger partial charge in [-0.15, -0.1) is 0 Å². The van der Waals surface area contributed by atoms with Crippen LogP contribution in [0.5, 0.6) is 0 Å². The van der Waals surface area contributed by atoms with Crippen LogP contribution < -0.4 is 5.32 Å². The quantitative estimate of drug-likeness (QED) is 0.879. The maximum atomic E-state index is 10.8. The summed E-state index contributed by atoms with van der Waals surface area (Å²) in [5, 5.41) is 12.1. The van der Waals surface area contributed by atoms with E-state index in [1.165, 1.54) is 0 Å². The van der Waals surface area contributed by atoms with E-state index in [2.05, 4.69) is 15.3 Å². The molecule has 0 atom stereocenters. The van der Waals surface area contributed by atoms with Crippen LogP contribution in [0.15, 0.2) is 30.5 Å². The predicted octanol–water partition coefficient (Wildman–Crippen LogP) is 2.40. The van der Waals surface area contributed by atoms with E-state index in [-0.39, 0.29) is 0 Å². The fourth-order valence-electron chi connectivity index (χ4n) is 1.78. The number of nitrogens with one attached hydrogen (secondary N) is 1. The van der Waals surface area contributed by atoms with Crippen molar-refractivity contribution in [3.05, 3.63) is 53.1 Å². The van der Waals surface area contributed by atoms with Crippen LogP contribution in [0.3, 0.4) is 0 Å². The van der Waals surface area contributed by atoms with Crippen molar-refractivity contribution in [3.8, 4) is 0 Å². The molecule has 0 aliphatic heterocycles. The number of aromatic carboxylic acids is 1. The second-order valence-electron chi connectivity index (χ2n) is 4.28. The maximum Gasteiger partial charge on any atom is 0.335 e. The van der Waals surface area contributed by atoms with Crippen molar-refractivity contribution in [2.75, 3.05) is 5.32 Å². The Balaban J connectivity index is 2.10. The van der Waals surface area contributed by atoms with Gasteiger partial charge in [0.25, 0.3) is 0 Å². The summed E-state index contributed by atoms with van der Waals surface area (Å²) in [5.74, 6) is -0.182. The van der Waals surface area contributed by atoms with Gasteiger partial charge in [-0.3, -0.25) is 0 Å². The summed E-state index contributed by atoms with van der Waals surface area (Å²) >= 11 is 0. The van der Waals surface area contributed by atoms with Crippen molar-refractivity contribution in [1.29, 1.82) is 0 Å². The standard InChI is InChI=1S/C14H15N3O2/c1-9-7-11(14(18)19)3-4-13(9)16-8-12-5-6-15-10(2)17-12/h3-7,16H,8H2,1-2H3,(H,18,19). The van der Waals surface area contributed by atoms with Gasteiger partial charge in [-0.05, 0) is 43.7 Å². The Morgan fingerprint density at radius 1 is 1.32 bits per heavy atom. The van der Waals surface area contributed by atoms with Gasteiger partial charge >= 0.3 is 5.97 Å². The van der Waals surface area contributed by atoms with Crippen LogP contribution in [0.2, 0.25) is 0 Å². The zero-order chi connectivity index (χ0) is 13.8. The minimum Gasteiger partial charge on any atom is -0.478 e. The topological polar surface area (TPSA) is 75.1 Å². The van der Waals surface area contributed by atoms with Gasteiger partial charge in [-0.1, -0.05) is 0 Å². The lowest BCUT2D eigenvalue weighted by Crippen LogP contribution is -2.05. The number of carboxylic acids is 1. The van der Waals surface area contributed by atoms with Gasteiger partial charge in [0.15, 0.2) is 0 Å². The predicted molar refractivity (Wildman–Crippen MR) is 72.2 cm³/mol. The Morgan fingerprint density at radius 3 is 2.74 bits per heavy atom. The summed E-state index contributed by atoms with van der Waals surface area (Å²) in [5.41, 5.74) is 2.99. The minimum absolute atomic E-state index is 0.293. The third-order valence-electron chi connectivity index (χ3n) is 2.77. The van der Waals surface area contributed by atoms with Crippen molar-refractivity contribution in [1.82, 2.24) is 9.97 Å². The van der Waals surface area contributed by atoms with E-state index >= 15 is 0 Å². The average Bonchev–Trinajstić information content (AvgIpc) is 2.37. The zero-order valence-electron chi connectivity index (χ0n) is 10.8. The Kier molecular flexibility index (Phi) is 3.75. The smallest absolute Gasteiger partial charge is 0.335 e. The molecular formula is C14H15N3O2. The molecule has 2 aromatic rings. The number of hydrogen-bond acceptors (Lipinski definition) is 4. The lowest BCUT2D eigenvalue weighted by molar-refractivity contribution is 0.0697. The van der Waals surface area contributed by atoms with E-state index in [1.54, 1.807) is 24.4 Å². The summed E-state index contributed by atoms with van der Waals surface area (Å²) in [6.07, 6.45) is 1.72. The largest absolute Gasteiger partial charge is 0.478 e. The molecule has 2 N–H and O–H groups in total. The molecule has 0 saturated carbocycles. The molecule has 0 unspecified atom stereocenters. The van der Waals surface area contributed by atoms with Crippen LogP contribution >= 0.6 is 0 Å². The number of aryl methyl sites for hydroxylation is 2. The Hall–Kier alpha value is -2.43. The Labute approximate surface area is 111 Å². The Bertz CT molecular complexity index is 611. The highest BCUT2D eigenvalue weighted by Crippen LogP contribution is 2.17. The Morgan fingerprint density at radius 2 is 2.11 bits per heavy atom. The van der Waals surface area contributed by atoms with Gasteiger partial charge in [-0.25, -0.2) is 14.8 Å². The molecule has 0 fully saturated rings. The highest BCUT2D eigenvalue weighted by Gasteiger charge is 2.05. The minimum atomic E-state index is -0.916. The summed E-state index contributed by atoms with van der Waals surface area (Å²) in [7, 11) is 0. The number of carboxylic acid groups (broad SMARTS) is 1. The summed E-state index contributed by atoms with van der Waals surface area (Å²) < 4.78 is 0. The molecule has 5 heteroatoms. The molecule has 98 valence electrons. The van der Waals surface area contributed by atoms with Gasteiger partial charge < -0.3 is 10.4 Å². The number of nitrogens with zero attached hydrogens (tertiary/aromatic N) is 2. The highest BCUT2D eigenvalue weighted by molar-refractivity contribution is 5.88. The van der Waals surface area contributed by atoms with E-state index in [0.29, 0.717) is 12.1 Å². The van der Waals surface area contributed by atoms with Gasteiger partial charge in [0.2, 0.25) is 0 Å². The second kappa shape index (κ2) is 5.48. The zero-order valence-corrected chi connectivity index (χ0v) is 10.8. The summed E-state index contributed by atoms with van der Waals surface area (Å²) in [6, 6.07) is 6.85. The molecule has 0 saturated heterocycles. The number of rotatable bonds is 4. The molecule has 1 aromatic carbocycles. The SMILES string of the molecule is Cc1nccc(CNc2ccc(C(=O)O)cc2C)n1. The van der Waals surface area contributed by atoms with E-state index in [0.717, 1.165) is 22.8 Å². The van der Waals surface area contributed by atoms with Gasteiger partial charge in [0.1, 0.15) is 5.82 Å². The molecule has 2 rings (SSSR count). The highest BCUT2D eigenvalue weighted by atomic mass is 16.4. The van der Waals surface area contributed by atoms with E-state index < -0.39 is 5.97 Å². The number of anilines is 1. The van der Waals surface area contributed by atoms with Crippen LogP contribution in [0.1, 0.15) is 27.4 Å². The number of benzene rings is 1. The molecular weight excluding hydrogens is 242 g/mol. The van der Waals surface area contributed by atoms with Crippen LogP contribution in [-0.4, -0.2) is 21.0 Å². The van der Waals surface area contributed by atoms with Gasteiger partial charge in [0.05, 0.1) is 17.8 Å². The molecule has 0 aliphatic rings. The average molecular weight is 257 g/mol. The molecule has 1 heterocycles. The van der Waals surface area contributed by atoms with E-state index in [1.807, 2.05) is 19.9 Å². The van der Waals surface area contributed by atoms with E-state index in [4.69, 9.17) is 5.11 Å². The van der Waals surface area contributed by atoms with Crippen molar-refractivity contribution in [3.63, 3.8) is 0 Å². The van der Waals surface area contributed by atoms with Crippen molar-refractivity contribution in [2.45, 2.75) is 20.4 Å². The molecule has 1 aromatic heterocycles. The van der Waals surface area contributed by atoms with Crippen LogP contribution in [0.25, 0.3) is 0 Å². The molecule has 0 aliphatic carbocycles. The molecule has 19 heavy (non-hydrogen) atoms. The van der Waals surface area contributed by atoms with E-state index in [9.17, 15) is 4.79 Å². The van der Waals surface area contributed by atoms with Crippen LogP contribution in [-0.2, 0) is 6.54 Å². The second-order valence-corrected chi connectivity index (χ2v) is 4.28. The first kappa shape index (κ1) is 13.0. The monoisotopic (exact) mass is 257 g/mol. The first-order chi connectivity index (χ1) is 9.06. The lowest BCUT2D eigenvalue weighted by Gasteiger charge is -2.10. The van der Waals surface area contributed by atoms with Crippen LogP contribution in [0, 0.1) is 13.8 Å². The lowest BCUT2D eigenvalue weighted by atomic mass is 10.1. The van der Waals surface area contributed by atoms with Gasteiger partial charge in [0, 0.05) is 11.9 Å². The maximum absolute atomic E-state index is 10.8. The molecule has 0 spiro atoms. The first-order valence-corrected chi connectivity index (χ1v) is 5.92. The third-order valence-corrected chi connectivity index (χ3v) is 2.77. The van der Waals surface area contributed by atoms with Crippen molar-refractivity contribution >= 4 is 11.7 Å². The number of aromatic nitrogens is 2. The number of carbonyl (C=O) groups is 1. The van der Waals surface area contributed by atoms with Crippen LogP contribution in [0.4, 0.5) is 5.69 Å². The fourth-order valence-corrected chi connectivity index (χ4v) is 1.78. The van der Waals surface area contributed by atoms with Gasteiger partial charge in [-0.2, -0.15) is 0 Å². The third kappa shape index (κ3) is 3.28. The number of hydrogen-bond donors (Lipinski definition) is 2.